The Balaban J connectivity index is 2.84. The lowest BCUT2D eigenvalue weighted by atomic mass is 9.95. The van der Waals surface area contributed by atoms with Gasteiger partial charge in [-0.2, -0.15) is 0 Å². The maximum absolute atomic E-state index is 12.3. The molecule has 0 radical (unpaired) electrons. The molecule has 0 spiro atoms. The predicted octanol–water partition coefficient (Wildman–Crippen LogP) is 3.99. The Labute approximate surface area is 116 Å². The lowest BCUT2D eigenvalue weighted by Crippen LogP contribution is -2.49. The van der Waals surface area contributed by atoms with Gasteiger partial charge in [0.1, 0.15) is 0 Å². The van der Waals surface area contributed by atoms with Gasteiger partial charge >= 0.3 is 0 Å². The van der Waals surface area contributed by atoms with Crippen molar-refractivity contribution in [3.63, 3.8) is 0 Å². The monoisotopic (exact) mass is 317 g/mol. The standard InChI is InChI=1S/C13H20BrNOS/c1-4-10-7-8-17-11(10)12(16)15-13(5-2,6-3)9-14/h7-8H,4-6,9H2,1-3H3,(H,15,16). The number of thiophene rings is 1. The normalized spacial score (nSPS) is 11.5. The smallest absolute Gasteiger partial charge is 0.262 e. The maximum atomic E-state index is 12.3. The van der Waals surface area contributed by atoms with Crippen LogP contribution in [0.1, 0.15) is 48.8 Å². The molecule has 4 heteroatoms. The van der Waals surface area contributed by atoms with Crippen molar-refractivity contribution in [3.05, 3.63) is 21.9 Å². The van der Waals surface area contributed by atoms with Gasteiger partial charge in [-0.25, -0.2) is 0 Å². The highest BCUT2D eigenvalue weighted by Crippen LogP contribution is 2.22. The van der Waals surface area contributed by atoms with Gasteiger partial charge in [0.05, 0.1) is 4.88 Å². The van der Waals surface area contributed by atoms with Crippen LogP contribution in [0.25, 0.3) is 0 Å². The molecular formula is C13H20BrNOS. The number of rotatable bonds is 6. The number of carbonyl (C=O) groups is 1. The first-order chi connectivity index (χ1) is 8.12. The molecule has 0 fully saturated rings. The molecule has 0 aliphatic carbocycles. The summed E-state index contributed by atoms with van der Waals surface area (Å²) in [7, 11) is 0. The van der Waals surface area contributed by atoms with E-state index in [0.29, 0.717) is 0 Å². The highest BCUT2D eigenvalue weighted by Gasteiger charge is 2.28. The maximum Gasteiger partial charge on any atom is 0.262 e. The zero-order valence-electron chi connectivity index (χ0n) is 10.7. The molecule has 1 aromatic rings. The predicted molar refractivity (Wildman–Crippen MR) is 78.3 cm³/mol. The molecule has 0 aromatic carbocycles. The topological polar surface area (TPSA) is 29.1 Å². The number of amides is 1. The van der Waals surface area contributed by atoms with Gasteiger partial charge in [-0.05, 0) is 36.3 Å². The van der Waals surface area contributed by atoms with Gasteiger partial charge < -0.3 is 5.32 Å². The molecular weight excluding hydrogens is 298 g/mol. The number of nitrogens with one attached hydrogen (secondary N) is 1. The zero-order chi connectivity index (χ0) is 12.9. The van der Waals surface area contributed by atoms with E-state index in [1.54, 1.807) is 0 Å². The van der Waals surface area contributed by atoms with Gasteiger partial charge in [-0.1, -0.05) is 36.7 Å². The minimum Gasteiger partial charge on any atom is -0.345 e. The fourth-order valence-electron chi connectivity index (χ4n) is 1.76. The van der Waals surface area contributed by atoms with Crippen LogP contribution in [0.3, 0.4) is 0 Å². The van der Waals surface area contributed by atoms with Crippen molar-refractivity contribution in [1.82, 2.24) is 5.32 Å². The van der Waals surface area contributed by atoms with Gasteiger partial charge in [0.15, 0.2) is 0 Å². The Morgan fingerprint density at radius 1 is 1.41 bits per heavy atom. The van der Waals surface area contributed by atoms with E-state index in [4.69, 9.17) is 0 Å². The van der Waals surface area contributed by atoms with Crippen molar-refractivity contribution < 1.29 is 4.79 Å². The third-order valence-corrected chi connectivity index (χ3v) is 5.35. The van der Waals surface area contributed by atoms with Gasteiger partial charge in [0.2, 0.25) is 0 Å². The van der Waals surface area contributed by atoms with Crippen LogP contribution in [0.15, 0.2) is 11.4 Å². The van der Waals surface area contributed by atoms with E-state index in [9.17, 15) is 4.79 Å². The molecule has 0 saturated heterocycles. The van der Waals surface area contributed by atoms with Gasteiger partial charge in [0, 0.05) is 10.9 Å². The zero-order valence-corrected chi connectivity index (χ0v) is 13.1. The van der Waals surface area contributed by atoms with Crippen molar-refractivity contribution in [2.75, 3.05) is 5.33 Å². The largest absolute Gasteiger partial charge is 0.345 e. The summed E-state index contributed by atoms with van der Waals surface area (Å²) >= 11 is 5.04. The second-order valence-corrected chi connectivity index (χ2v) is 5.68. The molecule has 96 valence electrons. The molecule has 2 nitrogen and oxygen atoms in total. The van der Waals surface area contributed by atoms with Crippen molar-refractivity contribution in [2.45, 2.75) is 45.6 Å². The molecule has 1 N–H and O–H groups in total. The van der Waals surface area contributed by atoms with E-state index in [1.807, 2.05) is 11.4 Å². The van der Waals surface area contributed by atoms with Crippen LogP contribution in [-0.2, 0) is 6.42 Å². The first-order valence-electron chi connectivity index (χ1n) is 6.07. The van der Waals surface area contributed by atoms with Crippen LogP contribution in [0.4, 0.5) is 0 Å². The molecule has 17 heavy (non-hydrogen) atoms. The number of halogens is 1. The van der Waals surface area contributed by atoms with Gasteiger partial charge in [0.25, 0.3) is 5.91 Å². The minimum atomic E-state index is -0.119. The average Bonchev–Trinajstić information content (AvgIpc) is 2.84. The Kier molecular flexibility index (Phi) is 5.67. The lowest BCUT2D eigenvalue weighted by molar-refractivity contribution is 0.0907. The Hall–Kier alpha value is -0.350. The SMILES string of the molecule is CCc1ccsc1C(=O)NC(CC)(CC)CBr. The molecule has 0 bridgehead atoms. The second kappa shape index (κ2) is 6.55. The lowest BCUT2D eigenvalue weighted by Gasteiger charge is -2.30. The molecule has 0 aliphatic rings. The van der Waals surface area contributed by atoms with Crippen LogP contribution >= 0.6 is 27.3 Å². The van der Waals surface area contributed by atoms with Crippen molar-refractivity contribution in [2.24, 2.45) is 0 Å². The highest BCUT2D eigenvalue weighted by molar-refractivity contribution is 9.09. The van der Waals surface area contributed by atoms with E-state index >= 15 is 0 Å². The molecule has 1 rings (SSSR count). The number of hydrogen-bond donors (Lipinski definition) is 1. The van der Waals surface area contributed by atoms with Crippen LogP contribution < -0.4 is 5.32 Å². The molecule has 0 unspecified atom stereocenters. The van der Waals surface area contributed by atoms with Gasteiger partial charge in [-0.15, -0.1) is 11.3 Å². The van der Waals surface area contributed by atoms with E-state index < -0.39 is 0 Å². The van der Waals surface area contributed by atoms with Crippen LogP contribution in [0, 0.1) is 0 Å². The second-order valence-electron chi connectivity index (χ2n) is 4.20. The number of aryl methyl sites for hydroxylation is 1. The summed E-state index contributed by atoms with van der Waals surface area (Å²) in [5.74, 6) is 0.0694. The van der Waals surface area contributed by atoms with Crippen molar-refractivity contribution in [3.8, 4) is 0 Å². The molecule has 0 saturated carbocycles. The third-order valence-electron chi connectivity index (χ3n) is 3.32. The first-order valence-corrected chi connectivity index (χ1v) is 8.07. The molecule has 1 heterocycles. The van der Waals surface area contributed by atoms with E-state index in [2.05, 4.69) is 42.0 Å². The summed E-state index contributed by atoms with van der Waals surface area (Å²) in [6.07, 6.45) is 2.78. The third kappa shape index (κ3) is 3.32. The van der Waals surface area contributed by atoms with E-state index in [-0.39, 0.29) is 11.4 Å². The molecule has 1 aromatic heterocycles. The minimum absolute atomic E-state index is 0.0694. The summed E-state index contributed by atoms with van der Waals surface area (Å²) in [6.45, 7) is 6.30. The van der Waals surface area contributed by atoms with E-state index in [0.717, 1.165) is 35.0 Å². The summed E-state index contributed by atoms with van der Waals surface area (Å²) in [6, 6.07) is 2.04. The van der Waals surface area contributed by atoms with Crippen molar-refractivity contribution >= 4 is 33.2 Å². The number of alkyl halides is 1. The Morgan fingerprint density at radius 2 is 2.06 bits per heavy atom. The summed E-state index contributed by atoms with van der Waals surface area (Å²) in [5, 5.41) is 5.97. The Morgan fingerprint density at radius 3 is 2.53 bits per heavy atom. The summed E-state index contributed by atoms with van der Waals surface area (Å²) < 4.78 is 0. The molecule has 1 amide bonds. The van der Waals surface area contributed by atoms with Crippen LogP contribution in [0.5, 0.6) is 0 Å². The fourth-order valence-corrected chi connectivity index (χ4v) is 3.58. The van der Waals surface area contributed by atoms with Gasteiger partial charge in [-0.3, -0.25) is 4.79 Å². The number of carbonyl (C=O) groups excluding carboxylic acids is 1. The molecule has 0 aliphatic heterocycles. The van der Waals surface area contributed by atoms with Crippen molar-refractivity contribution in [1.29, 1.82) is 0 Å². The first kappa shape index (κ1) is 14.7. The number of hydrogen-bond acceptors (Lipinski definition) is 2. The average molecular weight is 318 g/mol. The summed E-state index contributed by atoms with van der Waals surface area (Å²) in [4.78, 5) is 13.1. The quantitative estimate of drug-likeness (QED) is 0.789. The fraction of sp³-hybridized carbons (Fsp3) is 0.615. The highest BCUT2D eigenvalue weighted by atomic mass is 79.9. The van der Waals surface area contributed by atoms with Crippen LogP contribution in [0.2, 0.25) is 0 Å². The molecule has 0 atom stereocenters. The van der Waals surface area contributed by atoms with Crippen LogP contribution in [-0.4, -0.2) is 16.8 Å². The summed E-state index contributed by atoms with van der Waals surface area (Å²) in [5.41, 5.74) is 1.02. The van der Waals surface area contributed by atoms with E-state index in [1.165, 1.54) is 11.3 Å². The Bertz CT molecular complexity index is 363.